The number of rotatable bonds is 1. The lowest BCUT2D eigenvalue weighted by molar-refractivity contribution is -0.605. The molecular weight excluding hydrogens is 198 g/mol. The predicted molar refractivity (Wildman–Crippen MR) is 55.8 cm³/mol. The summed E-state index contributed by atoms with van der Waals surface area (Å²) in [7, 11) is 0. The van der Waals surface area contributed by atoms with Crippen molar-refractivity contribution < 1.29 is 4.73 Å². The van der Waals surface area contributed by atoms with Gasteiger partial charge in [-0.2, -0.15) is 4.73 Å². The minimum atomic E-state index is 0.691. The van der Waals surface area contributed by atoms with Crippen molar-refractivity contribution in [1.82, 2.24) is 0 Å². The van der Waals surface area contributed by atoms with Gasteiger partial charge < -0.3 is 5.21 Å². The monoisotopic (exact) mass is 205 g/mol. The molecule has 0 saturated heterocycles. The molecule has 1 heterocycles. The lowest BCUT2D eigenvalue weighted by Gasteiger charge is -2.03. The summed E-state index contributed by atoms with van der Waals surface area (Å²) in [6.45, 7) is 0. The molecule has 14 heavy (non-hydrogen) atoms. The molecule has 1 aromatic heterocycles. The van der Waals surface area contributed by atoms with Gasteiger partial charge >= 0.3 is 0 Å². The summed E-state index contributed by atoms with van der Waals surface area (Å²) in [6.07, 6.45) is 2.91. The Morgan fingerprint density at radius 1 is 1.00 bits per heavy atom. The Hall–Kier alpha value is -1.54. The second-order valence-electron chi connectivity index (χ2n) is 2.93. The van der Waals surface area contributed by atoms with Gasteiger partial charge in [0.15, 0.2) is 12.4 Å². The van der Waals surface area contributed by atoms with E-state index in [0.29, 0.717) is 5.02 Å². The second-order valence-corrected chi connectivity index (χ2v) is 3.33. The van der Waals surface area contributed by atoms with Crippen molar-refractivity contribution in [2.45, 2.75) is 0 Å². The quantitative estimate of drug-likeness (QED) is 0.519. The van der Waals surface area contributed by atoms with Crippen LogP contribution in [0.5, 0.6) is 0 Å². The highest BCUT2D eigenvalue weighted by Crippen LogP contribution is 2.26. The maximum atomic E-state index is 10.8. The standard InChI is InChI=1S/C11H8ClNO/c12-11-4-2-1-3-10(11)9-5-7-13(14)8-6-9/h1-8H. The van der Waals surface area contributed by atoms with Crippen molar-refractivity contribution >= 4 is 11.6 Å². The van der Waals surface area contributed by atoms with E-state index in [9.17, 15) is 5.21 Å². The first-order valence-corrected chi connectivity index (χ1v) is 4.59. The van der Waals surface area contributed by atoms with Crippen molar-refractivity contribution in [3.05, 3.63) is 59.0 Å². The SMILES string of the molecule is [O-][n+]1ccc(-c2ccccc2Cl)cc1. The first-order chi connectivity index (χ1) is 6.77. The Labute approximate surface area is 87.0 Å². The summed E-state index contributed by atoms with van der Waals surface area (Å²) in [4.78, 5) is 0. The molecule has 2 rings (SSSR count). The van der Waals surface area contributed by atoms with Crippen molar-refractivity contribution in [1.29, 1.82) is 0 Å². The van der Waals surface area contributed by atoms with Crippen LogP contribution in [0.2, 0.25) is 5.02 Å². The maximum absolute atomic E-state index is 10.8. The zero-order valence-electron chi connectivity index (χ0n) is 7.35. The molecule has 0 atom stereocenters. The van der Waals surface area contributed by atoms with Crippen LogP contribution in [-0.2, 0) is 0 Å². The Bertz CT molecular complexity index is 439. The molecule has 0 spiro atoms. The molecule has 0 radical (unpaired) electrons. The predicted octanol–water partition coefficient (Wildman–Crippen LogP) is 2.64. The molecule has 0 amide bonds. The van der Waals surface area contributed by atoms with Gasteiger partial charge in [0, 0.05) is 22.7 Å². The number of aromatic nitrogens is 1. The van der Waals surface area contributed by atoms with Gasteiger partial charge in [0.1, 0.15) is 0 Å². The minimum Gasteiger partial charge on any atom is -0.619 e. The molecule has 0 N–H and O–H groups in total. The van der Waals surface area contributed by atoms with Gasteiger partial charge in [-0.05, 0) is 11.6 Å². The van der Waals surface area contributed by atoms with E-state index in [0.717, 1.165) is 15.9 Å². The van der Waals surface area contributed by atoms with Crippen LogP contribution in [0.25, 0.3) is 11.1 Å². The average molecular weight is 206 g/mol. The Kier molecular flexibility index (Phi) is 2.37. The van der Waals surface area contributed by atoms with Crippen molar-refractivity contribution in [2.24, 2.45) is 0 Å². The number of nitrogens with zero attached hydrogens (tertiary/aromatic N) is 1. The largest absolute Gasteiger partial charge is 0.619 e. The summed E-state index contributed by atoms with van der Waals surface area (Å²) in [5.41, 5.74) is 1.89. The molecule has 0 unspecified atom stereocenters. The van der Waals surface area contributed by atoms with Gasteiger partial charge in [0.2, 0.25) is 0 Å². The highest BCUT2D eigenvalue weighted by molar-refractivity contribution is 6.33. The normalized spacial score (nSPS) is 10.1. The van der Waals surface area contributed by atoms with E-state index in [1.165, 1.54) is 12.4 Å². The molecule has 0 saturated carbocycles. The van der Waals surface area contributed by atoms with Gasteiger partial charge in [-0.25, -0.2) is 0 Å². The van der Waals surface area contributed by atoms with E-state index in [1.807, 2.05) is 24.3 Å². The number of hydrogen-bond donors (Lipinski definition) is 0. The third kappa shape index (κ3) is 1.70. The fourth-order valence-corrected chi connectivity index (χ4v) is 1.53. The van der Waals surface area contributed by atoms with Crippen LogP contribution in [-0.4, -0.2) is 0 Å². The lowest BCUT2D eigenvalue weighted by atomic mass is 10.1. The maximum Gasteiger partial charge on any atom is 0.180 e. The molecule has 0 aliphatic carbocycles. The molecule has 0 bridgehead atoms. The average Bonchev–Trinajstić information content (AvgIpc) is 2.20. The van der Waals surface area contributed by atoms with Crippen LogP contribution in [0, 0.1) is 5.21 Å². The highest BCUT2D eigenvalue weighted by Gasteiger charge is 2.02. The Morgan fingerprint density at radius 3 is 2.29 bits per heavy atom. The highest BCUT2D eigenvalue weighted by atomic mass is 35.5. The molecule has 0 fully saturated rings. The number of benzene rings is 1. The smallest absolute Gasteiger partial charge is 0.180 e. The van der Waals surface area contributed by atoms with Gasteiger partial charge in [-0.3, -0.25) is 0 Å². The third-order valence-corrected chi connectivity index (χ3v) is 2.32. The van der Waals surface area contributed by atoms with Gasteiger partial charge in [-0.15, -0.1) is 0 Å². The molecule has 3 heteroatoms. The summed E-state index contributed by atoms with van der Waals surface area (Å²) in [5, 5.41) is 11.5. The fraction of sp³-hybridized carbons (Fsp3) is 0. The summed E-state index contributed by atoms with van der Waals surface area (Å²) in [6, 6.07) is 11.0. The summed E-state index contributed by atoms with van der Waals surface area (Å²) >= 11 is 6.01. The molecule has 0 aliphatic rings. The summed E-state index contributed by atoms with van der Waals surface area (Å²) in [5.74, 6) is 0. The van der Waals surface area contributed by atoms with Crippen molar-refractivity contribution in [3.8, 4) is 11.1 Å². The molecule has 2 aromatic rings. The van der Waals surface area contributed by atoms with E-state index in [1.54, 1.807) is 12.1 Å². The van der Waals surface area contributed by atoms with Crippen LogP contribution in [0.4, 0.5) is 0 Å². The van der Waals surface area contributed by atoms with Gasteiger partial charge in [0.25, 0.3) is 0 Å². The molecular formula is C11H8ClNO. The van der Waals surface area contributed by atoms with Crippen molar-refractivity contribution in [3.63, 3.8) is 0 Å². The van der Waals surface area contributed by atoms with Crippen LogP contribution in [0.1, 0.15) is 0 Å². The topological polar surface area (TPSA) is 26.9 Å². The Balaban J connectivity index is 2.50. The third-order valence-electron chi connectivity index (χ3n) is 1.99. The Morgan fingerprint density at radius 2 is 1.64 bits per heavy atom. The zero-order valence-corrected chi connectivity index (χ0v) is 8.11. The summed E-state index contributed by atoms with van der Waals surface area (Å²) < 4.78 is 0.750. The van der Waals surface area contributed by atoms with E-state index in [-0.39, 0.29) is 0 Å². The molecule has 1 aromatic carbocycles. The molecule has 70 valence electrons. The second kappa shape index (κ2) is 3.68. The van der Waals surface area contributed by atoms with Crippen LogP contribution < -0.4 is 4.73 Å². The van der Waals surface area contributed by atoms with E-state index >= 15 is 0 Å². The first-order valence-electron chi connectivity index (χ1n) is 4.21. The number of halogens is 1. The zero-order chi connectivity index (χ0) is 9.97. The fourth-order valence-electron chi connectivity index (χ4n) is 1.29. The van der Waals surface area contributed by atoms with Gasteiger partial charge in [-0.1, -0.05) is 29.8 Å². The first kappa shape index (κ1) is 9.03. The van der Waals surface area contributed by atoms with Crippen LogP contribution in [0.15, 0.2) is 48.8 Å². The van der Waals surface area contributed by atoms with E-state index < -0.39 is 0 Å². The van der Waals surface area contributed by atoms with Crippen molar-refractivity contribution in [2.75, 3.05) is 0 Å². The van der Waals surface area contributed by atoms with E-state index in [4.69, 9.17) is 11.6 Å². The van der Waals surface area contributed by atoms with E-state index in [2.05, 4.69) is 0 Å². The number of pyridine rings is 1. The van der Waals surface area contributed by atoms with Crippen LogP contribution in [0.3, 0.4) is 0 Å². The number of hydrogen-bond acceptors (Lipinski definition) is 1. The lowest BCUT2D eigenvalue weighted by Crippen LogP contribution is -2.23. The minimum absolute atomic E-state index is 0.691. The van der Waals surface area contributed by atoms with Crippen LogP contribution >= 0.6 is 11.6 Å². The molecule has 2 nitrogen and oxygen atoms in total. The van der Waals surface area contributed by atoms with Gasteiger partial charge in [0.05, 0.1) is 0 Å². The molecule has 0 aliphatic heterocycles.